The zero-order valence-corrected chi connectivity index (χ0v) is 62.9. The van der Waals surface area contributed by atoms with E-state index in [1.165, 1.54) is 212 Å². The molecule has 0 spiro atoms. The number of hydrogen-bond acceptors (Lipinski definition) is 15. The fraction of sp³-hybridized carbons (Fsp3) is 0.947. The van der Waals surface area contributed by atoms with Gasteiger partial charge in [-0.05, 0) is 31.6 Å². The van der Waals surface area contributed by atoms with E-state index in [2.05, 4.69) is 34.6 Å². The van der Waals surface area contributed by atoms with Crippen molar-refractivity contribution in [1.29, 1.82) is 0 Å². The number of aliphatic hydroxyl groups excluding tert-OH is 1. The third-order valence-corrected chi connectivity index (χ3v) is 19.8. The van der Waals surface area contributed by atoms with Gasteiger partial charge in [0.05, 0.1) is 26.4 Å². The molecule has 558 valence electrons. The molecule has 0 aliphatic heterocycles. The van der Waals surface area contributed by atoms with E-state index in [-0.39, 0.29) is 25.7 Å². The van der Waals surface area contributed by atoms with Gasteiger partial charge in [-0.2, -0.15) is 0 Å². The number of phosphoric acid groups is 2. The van der Waals surface area contributed by atoms with Gasteiger partial charge in [-0.15, -0.1) is 0 Å². The summed E-state index contributed by atoms with van der Waals surface area (Å²) in [6.45, 7) is 7.32. The lowest BCUT2D eigenvalue weighted by molar-refractivity contribution is -0.161. The average molecular weight is 1380 g/mol. The van der Waals surface area contributed by atoms with Crippen LogP contribution in [0, 0.1) is 5.92 Å². The van der Waals surface area contributed by atoms with E-state index in [4.69, 9.17) is 37.0 Å². The van der Waals surface area contributed by atoms with Crippen LogP contribution >= 0.6 is 15.6 Å². The summed E-state index contributed by atoms with van der Waals surface area (Å²) in [5.41, 5.74) is 0. The van der Waals surface area contributed by atoms with Crippen LogP contribution < -0.4 is 0 Å². The molecule has 6 atom stereocenters. The Morgan fingerprint density at radius 2 is 0.511 bits per heavy atom. The van der Waals surface area contributed by atoms with Gasteiger partial charge >= 0.3 is 39.5 Å². The fourth-order valence-corrected chi connectivity index (χ4v) is 13.1. The van der Waals surface area contributed by atoms with Crippen LogP contribution in [0.3, 0.4) is 0 Å². The van der Waals surface area contributed by atoms with Crippen molar-refractivity contribution in [3.63, 3.8) is 0 Å². The second-order valence-electron chi connectivity index (χ2n) is 27.3. The Labute approximate surface area is 575 Å². The zero-order valence-electron chi connectivity index (χ0n) is 61.1. The van der Waals surface area contributed by atoms with Gasteiger partial charge in [0, 0.05) is 25.7 Å². The molecule has 3 unspecified atom stereocenters. The lowest BCUT2D eigenvalue weighted by atomic mass is 9.99. The number of carbonyl (C=O) groups is 4. The SMILES string of the molecule is CCCCCCCCCCCCCCCCC(=O)OC[C@H](COP(=O)(O)OC[C@@H](O)COP(=O)(O)OC[C@@H](COC(=O)CCCCCCCCCC)OC(=O)CCCCCCCCCCCCCCCC)OC(=O)CCCCCCCCCCCCCCCCC(C)CC. The molecular formula is C75H146O17P2. The Hall–Kier alpha value is -1.94. The summed E-state index contributed by atoms with van der Waals surface area (Å²) in [6, 6.07) is 0. The highest BCUT2D eigenvalue weighted by atomic mass is 31.2. The van der Waals surface area contributed by atoms with Crippen LogP contribution in [0.15, 0.2) is 0 Å². The van der Waals surface area contributed by atoms with E-state index < -0.39 is 97.5 Å². The first kappa shape index (κ1) is 92.1. The molecular weight excluding hydrogens is 1230 g/mol. The molecule has 0 saturated heterocycles. The normalized spacial score (nSPS) is 14.3. The fourth-order valence-electron chi connectivity index (χ4n) is 11.5. The number of rotatable bonds is 75. The van der Waals surface area contributed by atoms with Crippen LogP contribution in [0.25, 0.3) is 0 Å². The Morgan fingerprint density at radius 3 is 0.755 bits per heavy atom. The Kier molecular flexibility index (Phi) is 66.8. The minimum Gasteiger partial charge on any atom is -0.462 e. The van der Waals surface area contributed by atoms with Crippen LogP contribution in [0.1, 0.15) is 394 Å². The summed E-state index contributed by atoms with van der Waals surface area (Å²) >= 11 is 0. The molecule has 0 aromatic carbocycles. The van der Waals surface area contributed by atoms with Gasteiger partial charge in [-0.25, -0.2) is 9.13 Å². The molecule has 0 aromatic heterocycles. The van der Waals surface area contributed by atoms with Gasteiger partial charge in [0.25, 0.3) is 0 Å². The highest BCUT2D eigenvalue weighted by Crippen LogP contribution is 2.45. The topological polar surface area (TPSA) is 237 Å². The molecule has 0 fully saturated rings. The number of phosphoric ester groups is 2. The molecule has 0 amide bonds. The molecule has 94 heavy (non-hydrogen) atoms. The summed E-state index contributed by atoms with van der Waals surface area (Å²) < 4.78 is 68.4. The largest absolute Gasteiger partial charge is 0.472 e. The molecule has 0 radical (unpaired) electrons. The number of unbranched alkanes of at least 4 members (excludes halogenated alkanes) is 46. The Morgan fingerprint density at radius 1 is 0.298 bits per heavy atom. The average Bonchev–Trinajstić information content (AvgIpc) is 1.50. The Balaban J connectivity index is 5.21. The summed E-state index contributed by atoms with van der Waals surface area (Å²) in [4.78, 5) is 72.7. The first-order valence-electron chi connectivity index (χ1n) is 39.2. The number of carbonyl (C=O) groups excluding carboxylic acids is 4. The molecule has 0 aliphatic rings. The highest BCUT2D eigenvalue weighted by Gasteiger charge is 2.30. The van der Waals surface area contributed by atoms with Crippen LogP contribution in [-0.2, 0) is 65.4 Å². The second-order valence-corrected chi connectivity index (χ2v) is 30.2. The maximum Gasteiger partial charge on any atom is 0.472 e. The van der Waals surface area contributed by atoms with Crippen molar-refractivity contribution in [2.45, 2.75) is 412 Å². The van der Waals surface area contributed by atoms with Gasteiger partial charge in [0.1, 0.15) is 19.3 Å². The summed E-state index contributed by atoms with van der Waals surface area (Å²) in [6.07, 6.45) is 56.7. The van der Waals surface area contributed by atoms with E-state index >= 15 is 0 Å². The lowest BCUT2D eigenvalue weighted by Crippen LogP contribution is -2.30. The minimum absolute atomic E-state index is 0.108. The van der Waals surface area contributed by atoms with E-state index in [1.807, 2.05) is 0 Å². The van der Waals surface area contributed by atoms with E-state index in [9.17, 15) is 43.2 Å². The van der Waals surface area contributed by atoms with Crippen molar-refractivity contribution in [3.05, 3.63) is 0 Å². The quantitative estimate of drug-likeness (QED) is 0.0222. The summed E-state index contributed by atoms with van der Waals surface area (Å²) in [5.74, 6) is -1.27. The zero-order chi connectivity index (χ0) is 69.1. The highest BCUT2D eigenvalue weighted by molar-refractivity contribution is 7.47. The monoisotopic (exact) mass is 1380 g/mol. The maximum atomic E-state index is 13.1. The van der Waals surface area contributed by atoms with Gasteiger partial charge in [0.2, 0.25) is 0 Å². The van der Waals surface area contributed by atoms with Crippen LogP contribution in [0.5, 0.6) is 0 Å². The third kappa shape index (κ3) is 67.3. The van der Waals surface area contributed by atoms with Crippen LogP contribution in [0.4, 0.5) is 0 Å². The maximum absolute atomic E-state index is 13.1. The van der Waals surface area contributed by atoms with Crippen LogP contribution in [-0.4, -0.2) is 96.7 Å². The molecule has 0 saturated carbocycles. The first-order valence-corrected chi connectivity index (χ1v) is 42.2. The molecule has 3 N–H and O–H groups in total. The third-order valence-electron chi connectivity index (χ3n) is 17.9. The lowest BCUT2D eigenvalue weighted by Gasteiger charge is -2.21. The van der Waals surface area contributed by atoms with E-state index in [0.29, 0.717) is 25.7 Å². The second kappa shape index (κ2) is 68.2. The molecule has 0 bridgehead atoms. The van der Waals surface area contributed by atoms with Gasteiger partial charge < -0.3 is 33.8 Å². The molecule has 17 nitrogen and oxygen atoms in total. The van der Waals surface area contributed by atoms with E-state index in [0.717, 1.165) is 102 Å². The van der Waals surface area contributed by atoms with Crippen molar-refractivity contribution in [3.8, 4) is 0 Å². The Bertz CT molecular complexity index is 1810. The van der Waals surface area contributed by atoms with Gasteiger partial charge in [-0.3, -0.25) is 37.3 Å². The number of esters is 4. The molecule has 0 rings (SSSR count). The van der Waals surface area contributed by atoms with Crippen molar-refractivity contribution in [2.75, 3.05) is 39.6 Å². The predicted molar refractivity (Wildman–Crippen MR) is 382 cm³/mol. The smallest absolute Gasteiger partial charge is 0.462 e. The standard InChI is InChI=1S/C75H146O17P2/c1-6-10-13-16-19-22-24-26-31-35-39-44-49-54-59-73(78)86-65-71(92-75(80)61-56-51-46-41-37-33-29-28-30-34-38-42-47-52-57-68(5)9-4)67-90-94(83,84)88-63-69(76)62-87-93(81,82)89-66-70(64-85-72(77)58-53-48-43-21-18-15-12-8-3)91-74(79)60-55-50-45-40-36-32-27-25-23-20-17-14-11-7-2/h68-71,76H,6-67H2,1-5H3,(H,81,82)(H,83,84)/t68?,69-,70+,71+/m0/s1. The molecule has 0 aliphatic carbocycles. The summed E-state index contributed by atoms with van der Waals surface area (Å²) in [5, 5.41) is 10.6. The van der Waals surface area contributed by atoms with Crippen molar-refractivity contribution < 1.29 is 80.2 Å². The van der Waals surface area contributed by atoms with E-state index in [1.54, 1.807) is 0 Å². The molecule has 0 heterocycles. The van der Waals surface area contributed by atoms with Crippen molar-refractivity contribution >= 4 is 39.5 Å². The van der Waals surface area contributed by atoms with Crippen LogP contribution in [0.2, 0.25) is 0 Å². The van der Waals surface area contributed by atoms with Crippen molar-refractivity contribution in [1.82, 2.24) is 0 Å². The number of ether oxygens (including phenoxy) is 4. The number of aliphatic hydroxyl groups is 1. The van der Waals surface area contributed by atoms with Gasteiger partial charge in [-0.1, -0.05) is 343 Å². The predicted octanol–water partition coefficient (Wildman–Crippen LogP) is 22.1. The number of hydrogen-bond donors (Lipinski definition) is 3. The molecule has 0 aromatic rings. The summed E-state index contributed by atoms with van der Waals surface area (Å²) in [7, 11) is -9.90. The minimum atomic E-state index is -4.96. The van der Waals surface area contributed by atoms with Gasteiger partial charge in [0.15, 0.2) is 12.2 Å². The van der Waals surface area contributed by atoms with Crippen molar-refractivity contribution in [2.24, 2.45) is 5.92 Å². The first-order chi connectivity index (χ1) is 45.6. The molecule has 19 heteroatoms.